The van der Waals surface area contributed by atoms with E-state index < -0.39 is 0 Å². The van der Waals surface area contributed by atoms with Gasteiger partial charge in [0.1, 0.15) is 0 Å². The van der Waals surface area contributed by atoms with Gasteiger partial charge in [0.15, 0.2) is 0 Å². The highest BCUT2D eigenvalue weighted by Crippen LogP contribution is 2.37. The molecule has 0 aromatic carbocycles. The summed E-state index contributed by atoms with van der Waals surface area (Å²) >= 11 is 0. The Morgan fingerprint density at radius 3 is 2.45 bits per heavy atom. The van der Waals surface area contributed by atoms with Gasteiger partial charge in [-0.3, -0.25) is 0 Å². The molecule has 0 bridgehead atoms. The van der Waals surface area contributed by atoms with E-state index >= 15 is 0 Å². The van der Waals surface area contributed by atoms with E-state index in [1.165, 1.54) is 25.7 Å². The molecule has 20 heavy (non-hydrogen) atoms. The monoisotopic (exact) mass is 282 g/mol. The summed E-state index contributed by atoms with van der Waals surface area (Å²) in [6, 6.07) is 0.624. The largest absolute Gasteiger partial charge is 0.381 e. The smallest absolute Gasteiger partial charge is 0.0741 e. The van der Waals surface area contributed by atoms with Crippen molar-refractivity contribution in [3.05, 3.63) is 0 Å². The second-order valence-corrected chi connectivity index (χ2v) is 7.19. The lowest BCUT2D eigenvalue weighted by Crippen LogP contribution is -2.59. The maximum Gasteiger partial charge on any atom is 0.0741 e. The van der Waals surface area contributed by atoms with Crippen LogP contribution in [0.1, 0.15) is 44.9 Å². The molecule has 0 radical (unpaired) electrons. The van der Waals surface area contributed by atoms with Crippen LogP contribution in [0, 0.1) is 0 Å². The molecule has 1 aliphatic carbocycles. The Morgan fingerprint density at radius 1 is 1.10 bits per heavy atom. The van der Waals surface area contributed by atoms with Gasteiger partial charge < -0.3 is 19.7 Å². The quantitative estimate of drug-likeness (QED) is 0.852. The minimum absolute atomic E-state index is 0.110. The van der Waals surface area contributed by atoms with E-state index in [0.29, 0.717) is 11.6 Å². The number of rotatable bonds is 4. The van der Waals surface area contributed by atoms with Gasteiger partial charge in [-0.25, -0.2) is 0 Å². The van der Waals surface area contributed by atoms with Crippen molar-refractivity contribution in [1.29, 1.82) is 0 Å². The van der Waals surface area contributed by atoms with Gasteiger partial charge in [-0.05, 0) is 59.0 Å². The predicted molar refractivity (Wildman–Crippen MR) is 80.0 cm³/mol. The zero-order valence-corrected chi connectivity index (χ0v) is 13.1. The van der Waals surface area contributed by atoms with E-state index in [1.807, 2.05) is 0 Å². The number of hydrogen-bond acceptors (Lipinski definition) is 4. The topological polar surface area (TPSA) is 33.7 Å². The number of nitrogens with one attached hydrogen (secondary N) is 1. The van der Waals surface area contributed by atoms with Crippen molar-refractivity contribution in [3.63, 3.8) is 0 Å². The van der Waals surface area contributed by atoms with E-state index in [1.54, 1.807) is 0 Å². The molecule has 0 amide bonds. The average molecular weight is 282 g/mol. The van der Waals surface area contributed by atoms with Crippen LogP contribution in [0.4, 0.5) is 0 Å². The van der Waals surface area contributed by atoms with Crippen molar-refractivity contribution < 1.29 is 9.47 Å². The van der Waals surface area contributed by atoms with Gasteiger partial charge in [0.2, 0.25) is 0 Å². The minimum atomic E-state index is 0.110. The molecule has 4 heteroatoms. The van der Waals surface area contributed by atoms with Gasteiger partial charge in [0.05, 0.1) is 5.60 Å². The van der Waals surface area contributed by atoms with Gasteiger partial charge in [-0.1, -0.05) is 0 Å². The highest BCUT2D eigenvalue weighted by Gasteiger charge is 2.42. The zero-order valence-electron chi connectivity index (χ0n) is 13.1. The lowest BCUT2D eigenvalue weighted by molar-refractivity contribution is -0.141. The molecule has 1 spiro atoms. The summed E-state index contributed by atoms with van der Waals surface area (Å²) in [7, 11) is 4.45. The van der Waals surface area contributed by atoms with Crippen LogP contribution < -0.4 is 5.32 Å². The molecular weight excluding hydrogens is 252 g/mol. The van der Waals surface area contributed by atoms with Gasteiger partial charge in [0.25, 0.3) is 0 Å². The molecular formula is C16H30N2O2. The van der Waals surface area contributed by atoms with Crippen LogP contribution in [0.2, 0.25) is 0 Å². The molecule has 116 valence electrons. The fourth-order valence-corrected chi connectivity index (χ4v) is 4.00. The maximum absolute atomic E-state index is 6.13. The summed E-state index contributed by atoms with van der Waals surface area (Å²) < 4.78 is 11.6. The number of likely N-dealkylation sites (N-methyl/N-ethyl adjacent to an activating group) is 1. The Hall–Kier alpha value is -0.160. The van der Waals surface area contributed by atoms with Gasteiger partial charge in [0, 0.05) is 37.9 Å². The summed E-state index contributed by atoms with van der Waals surface area (Å²) in [4.78, 5) is 2.42. The van der Waals surface area contributed by atoms with E-state index in [4.69, 9.17) is 9.47 Å². The Morgan fingerprint density at radius 2 is 1.85 bits per heavy atom. The Kier molecular flexibility index (Phi) is 4.37. The molecule has 1 saturated carbocycles. The van der Waals surface area contributed by atoms with E-state index in [-0.39, 0.29) is 5.60 Å². The third-order valence-electron chi connectivity index (χ3n) is 5.85. The Bertz CT molecular complexity index is 317. The third-order valence-corrected chi connectivity index (χ3v) is 5.85. The summed E-state index contributed by atoms with van der Waals surface area (Å²) in [5.41, 5.74) is 0.528. The van der Waals surface area contributed by atoms with Crippen molar-refractivity contribution >= 4 is 0 Å². The number of ether oxygens (including phenoxy) is 2. The highest BCUT2D eigenvalue weighted by atomic mass is 16.5. The zero-order chi connectivity index (χ0) is 14.1. The number of nitrogens with zero attached hydrogens (tertiary/aromatic N) is 1. The lowest BCUT2D eigenvalue weighted by Gasteiger charge is -2.49. The molecule has 3 aliphatic rings. The number of hydrogen-bond donors (Lipinski definition) is 1. The molecule has 1 unspecified atom stereocenters. The Balaban J connectivity index is 1.52. The standard InChI is InChI=1S/C16H30N2O2/c1-18(2)15(5-3-6-15)13-17-14-4-9-20-16(12-14)7-10-19-11-8-16/h14,17H,3-13H2,1-2H3. The average Bonchev–Trinajstić information content (AvgIpc) is 2.38. The van der Waals surface area contributed by atoms with Crippen molar-refractivity contribution in [2.45, 2.75) is 62.1 Å². The van der Waals surface area contributed by atoms with Crippen molar-refractivity contribution in [1.82, 2.24) is 10.2 Å². The summed E-state index contributed by atoms with van der Waals surface area (Å²) in [5.74, 6) is 0. The maximum atomic E-state index is 6.13. The molecule has 3 rings (SSSR count). The molecule has 2 heterocycles. The lowest BCUT2D eigenvalue weighted by atomic mass is 9.75. The molecule has 0 aromatic heterocycles. The van der Waals surface area contributed by atoms with Gasteiger partial charge in [-0.2, -0.15) is 0 Å². The van der Waals surface area contributed by atoms with Crippen LogP contribution in [0.15, 0.2) is 0 Å². The second kappa shape index (κ2) is 5.91. The van der Waals surface area contributed by atoms with Crippen LogP contribution in [-0.4, -0.2) is 62.5 Å². The molecule has 2 saturated heterocycles. The molecule has 4 nitrogen and oxygen atoms in total. The second-order valence-electron chi connectivity index (χ2n) is 7.19. The first-order valence-corrected chi connectivity index (χ1v) is 8.27. The van der Waals surface area contributed by atoms with Gasteiger partial charge in [-0.15, -0.1) is 0 Å². The first kappa shape index (κ1) is 14.8. The Labute approximate surface area is 123 Å². The third kappa shape index (κ3) is 2.89. The van der Waals surface area contributed by atoms with Crippen molar-refractivity contribution in [3.8, 4) is 0 Å². The fourth-order valence-electron chi connectivity index (χ4n) is 4.00. The minimum Gasteiger partial charge on any atom is -0.381 e. The predicted octanol–water partition coefficient (Wildman–Crippen LogP) is 1.79. The summed E-state index contributed by atoms with van der Waals surface area (Å²) in [6.45, 7) is 3.78. The van der Waals surface area contributed by atoms with Crippen molar-refractivity contribution in [2.24, 2.45) is 0 Å². The highest BCUT2D eigenvalue weighted by molar-refractivity contribution is 4.99. The SMILES string of the molecule is CN(C)C1(CNC2CCOC3(CCOCC3)C2)CCC1. The van der Waals surface area contributed by atoms with E-state index in [0.717, 1.165) is 45.6 Å². The van der Waals surface area contributed by atoms with Crippen molar-refractivity contribution in [2.75, 3.05) is 40.5 Å². The normalized spacial score (nSPS) is 32.2. The summed E-state index contributed by atoms with van der Waals surface area (Å²) in [6.07, 6.45) is 8.54. The molecule has 0 aromatic rings. The molecule has 1 N–H and O–H groups in total. The van der Waals surface area contributed by atoms with Crippen LogP contribution in [0.3, 0.4) is 0 Å². The first-order valence-electron chi connectivity index (χ1n) is 8.27. The fraction of sp³-hybridized carbons (Fsp3) is 1.00. The molecule has 3 fully saturated rings. The molecule has 2 aliphatic heterocycles. The van der Waals surface area contributed by atoms with Crippen LogP contribution >= 0.6 is 0 Å². The van der Waals surface area contributed by atoms with Gasteiger partial charge >= 0.3 is 0 Å². The van der Waals surface area contributed by atoms with E-state index in [9.17, 15) is 0 Å². The summed E-state index contributed by atoms with van der Waals surface area (Å²) in [5, 5.41) is 3.85. The van der Waals surface area contributed by atoms with Crippen LogP contribution in [0.5, 0.6) is 0 Å². The first-order chi connectivity index (χ1) is 9.64. The van der Waals surface area contributed by atoms with Crippen LogP contribution in [0.25, 0.3) is 0 Å². The van der Waals surface area contributed by atoms with E-state index in [2.05, 4.69) is 24.3 Å². The van der Waals surface area contributed by atoms with Crippen LogP contribution in [-0.2, 0) is 9.47 Å². The molecule has 1 atom stereocenters.